The van der Waals surface area contributed by atoms with Crippen LogP contribution in [0.3, 0.4) is 0 Å². The lowest BCUT2D eigenvalue weighted by molar-refractivity contribution is 0.145. The molecule has 0 saturated carbocycles. The number of nitrogens with one attached hydrogen (secondary N) is 1. The second-order valence-corrected chi connectivity index (χ2v) is 7.79. The molecule has 3 rings (SSSR count). The molecule has 0 aromatic heterocycles. The van der Waals surface area contributed by atoms with E-state index in [9.17, 15) is 4.39 Å². The number of rotatable bonds is 6. The molecule has 0 spiro atoms. The molecular weight excluding hydrogens is 317 g/mol. The minimum Gasteiger partial charge on any atom is -0.381 e. The molecule has 2 atom stereocenters. The standard InChI is InChI=1S/C20H32FN3O/c1-15(19-5-4-17(21)12-20(19)23(2)3)22-18-6-9-24(10-7-18)13-16-8-11-25-14-16/h4-5,12,15-16,18,22H,6-11,13-14H2,1-3H3/t15-,16-/m1/s1. The molecule has 2 fully saturated rings. The summed E-state index contributed by atoms with van der Waals surface area (Å²) in [5.41, 5.74) is 2.12. The van der Waals surface area contributed by atoms with Crippen LogP contribution in [0, 0.1) is 11.7 Å². The molecule has 25 heavy (non-hydrogen) atoms. The van der Waals surface area contributed by atoms with Crippen LogP contribution in [0.5, 0.6) is 0 Å². The van der Waals surface area contributed by atoms with E-state index in [1.54, 1.807) is 12.1 Å². The van der Waals surface area contributed by atoms with Gasteiger partial charge in [0, 0.05) is 45.0 Å². The minimum absolute atomic E-state index is 0.177. The van der Waals surface area contributed by atoms with Gasteiger partial charge in [-0.2, -0.15) is 0 Å². The molecule has 1 N–H and O–H groups in total. The van der Waals surface area contributed by atoms with Crippen molar-refractivity contribution in [3.05, 3.63) is 29.6 Å². The quantitative estimate of drug-likeness (QED) is 0.854. The first-order valence-electron chi connectivity index (χ1n) is 9.56. The average molecular weight is 349 g/mol. The van der Waals surface area contributed by atoms with Crippen molar-refractivity contribution in [2.24, 2.45) is 5.92 Å². The van der Waals surface area contributed by atoms with Crippen LogP contribution in [0.25, 0.3) is 0 Å². The van der Waals surface area contributed by atoms with E-state index in [0.717, 1.165) is 43.5 Å². The number of hydrogen-bond acceptors (Lipinski definition) is 4. The number of nitrogens with zero attached hydrogens (tertiary/aromatic N) is 2. The first-order valence-corrected chi connectivity index (χ1v) is 9.56. The Kier molecular flexibility index (Phi) is 6.31. The molecule has 0 unspecified atom stereocenters. The lowest BCUT2D eigenvalue weighted by atomic mass is 9.99. The first-order chi connectivity index (χ1) is 12.0. The molecule has 0 radical (unpaired) electrons. The maximum Gasteiger partial charge on any atom is 0.125 e. The van der Waals surface area contributed by atoms with Gasteiger partial charge in [0.1, 0.15) is 5.82 Å². The van der Waals surface area contributed by atoms with E-state index >= 15 is 0 Å². The van der Waals surface area contributed by atoms with Crippen LogP contribution in [0.15, 0.2) is 18.2 Å². The maximum absolute atomic E-state index is 13.6. The van der Waals surface area contributed by atoms with Crippen LogP contribution in [0.2, 0.25) is 0 Å². The van der Waals surface area contributed by atoms with Gasteiger partial charge in [-0.15, -0.1) is 0 Å². The molecule has 2 aliphatic rings. The van der Waals surface area contributed by atoms with E-state index in [1.807, 2.05) is 25.1 Å². The Morgan fingerprint density at radius 2 is 2.04 bits per heavy atom. The van der Waals surface area contributed by atoms with Gasteiger partial charge in [-0.05, 0) is 62.9 Å². The van der Waals surface area contributed by atoms with Gasteiger partial charge in [0.25, 0.3) is 0 Å². The number of ether oxygens (including phenoxy) is 1. The van der Waals surface area contributed by atoms with Crippen LogP contribution in [-0.2, 0) is 4.74 Å². The second-order valence-electron chi connectivity index (χ2n) is 7.79. The summed E-state index contributed by atoms with van der Waals surface area (Å²) in [5.74, 6) is 0.550. The third-order valence-electron chi connectivity index (χ3n) is 5.55. The maximum atomic E-state index is 13.6. The summed E-state index contributed by atoms with van der Waals surface area (Å²) >= 11 is 0. The van der Waals surface area contributed by atoms with Gasteiger partial charge in [-0.25, -0.2) is 4.39 Å². The molecule has 2 saturated heterocycles. The number of benzene rings is 1. The zero-order valence-corrected chi connectivity index (χ0v) is 15.8. The van der Waals surface area contributed by atoms with Crippen molar-refractivity contribution in [2.75, 3.05) is 51.8 Å². The van der Waals surface area contributed by atoms with Gasteiger partial charge in [0.2, 0.25) is 0 Å². The number of halogens is 1. The summed E-state index contributed by atoms with van der Waals surface area (Å²) in [5, 5.41) is 3.76. The SMILES string of the molecule is C[C@@H](NC1CCN(C[C@H]2CCOC2)CC1)c1ccc(F)cc1N(C)C. The summed E-state index contributed by atoms with van der Waals surface area (Å²) in [6, 6.07) is 5.85. The minimum atomic E-state index is -0.177. The molecule has 1 aromatic carbocycles. The molecule has 140 valence electrons. The fourth-order valence-electron chi connectivity index (χ4n) is 4.09. The van der Waals surface area contributed by atoms with Crippen molar-refractivity contribution in [3.63, 3.8) is 0 Å². The van der Waals surface area contributed by atoms with E-state index in [1.165, 1.54) is 25.8 Å². The van der Waals surface area contributed by atoms with Crippen molar-refractivity contribution in [1.82, 2.24) is 10.2 Å². The Labute approximate surface area is 151 Å². The molecule has 0 amide bonds. The van der Waals surface area contributed by atoms with Crippen LogP contribution in [0.1, 0.15) is 37.8 Å². The lowest BCUT2D eigenvalue weighted by Crippen LogP contribution is -2.44. The van der Waals surface area contributed by atoms with Crippen molar-refractivity contribution in [2.45, 2.75) is 38.3 Å². The largest absolute Gasteiger partial charge is 0.381 e. The molecule has 4 nitrogen and oxygen atoms in total. The van der Waals surface area contributed by atoms with Crippen LogP contribution >= 0.6 is 0 Å². The monoisotopic (exact) mass is 349 g/mol. The fraction of sp³-hybridized carbons (Fsp3) is 0.700. The molecule has 2 aliphatic heterocycles. The van der Waals surface area contributed by atoms with Gasteiger partial charge in [0.05, 0.1) is 6.61 Å². The molecule has 2 heterocycles. The average Bonchev–Trinajstić information content (AvgIpc) is 3.09. The van der Waals surface area contributed by atoms with E-state index in [2.05, 4.69) is 17.1 Å². The Balaban J connectivity index is 1.51. The smallest absolute Gasteiger partial charge is 0.125 e. The van der Waals surface area contributed by atoms with Gasteiger partial charge >= 0.3 is 0 Å². The van der Waals surface area contributed by atoms with Gasteiger partial charge in [-0.3, -0.25) is 0 Å². The Hall–Kier alpha value is -1.17. The summed E-state index contributed by atoms with van der Waals surface area (Å²) < 4.78 is 19.1. The third kappa shape index (κ3) is 4.93. The highest BCUT2D eigenvalue weighted by Gasteiger charge is 2.25. The molecule has 1 aromatic rings. The predicted molar refractivity (Wildman–Crippen MR) is 101 cm³/mol. The van der Waals surface area contributed by atoms with E-state index in [4.69, 9.17) is 4.74 Å². The lowest BCUT2D eigenvalue weighted by Gasteiger charge is -2.35. The Morgan fingerprint density at radius 1 is 1.28 bits per heavy atom. The first kappa shape index (κ1) is 18.6. The van der Waals surface area contributed by atoms with Crippen molar-refractivity contribution in [3.8, 4) is 0 Å². The normalized spacial score (nSPS) is 23.8. The summed E-state index contributed by atoms with van der Waals surface area (Å²) in [7, 11) is 3.94. The number of likely N-dealkylation sites (tertiary alicyclic amines) is 1. The van der Waals surface area contributed by atoms with Gasteiger partial charge in [0.15, 0.2) is 0 Å². The molecule has 5 heteroatoms. The van der Waals surface area contributed by atoms with Gasteiger partial charge in [-0.1, -0.05) is 6.07 Å². The van der Waals surface area contributed by atoms with Crippen LogP contribution in [-0.4, -0.2) is 57.9 Å². The summed E-state index contributed by atoms with van der Waals surface area (Å²) in [6.07, 6.45) is 3.57. The number of piperidine rings is 1. The van der Waals surface area contributed by atoms with E-state index < -0.39 is 0 Å². The van der Waals surface area contributed by atoms with Crippen molar-refractivity contribution in [1.29, 1.82) is 0 Å². The van der Waals surface area contributed by atoms with Crippen LogP contribution < -0.4 is 10.2 Å². The van der Waals surface area contributed by atoms with Crippen molar-refractivity contribution < 1.29 is 9.13 Å². The summed E-state index contributed by atoms with van der Waals surface area (Å²) in [4.78, 5) is 4.58. The predicted octanol–water partition coefficient (Wildman–Crippen LogP) is 3.04. The van der Waals surface area contributed by atoms with Crippen molar-refractivity contribution >= 4 is 5.69 Å². The van der Waals surface area contributed by atoms with Gasteiger partial charge < -0.3 is 19.9 Å². The molecular formula is C20H32FN3O. The van der Waals surface area contributed by atoms with E-state index in [-0.39, 0.29) is 11.9 Å². The number of hydrogen-bond donors (Lipinski definition) is 1. The Bertz CT molecular complexity index is 552. The number of anilines is 1. The second kappa shape index (κ2) is 8.47. The fourth-order valence-corrected chi connectivity index (χ4v) is 4.09. The topological polar surface area (TPSA) is 27.7 Å². The molecule has 0 aliphatic carbocycles. The zero-order chi connectivity index (χ0) is 17.8. The molecule has 0 bridgehead atoms. The van der Waals surface area contributed by atoms with E-state index in [0.29, 0.717) is 6.04 Å². The Morgan fingerprint density at radius 3 is 2.68 bits per heavy atom. The summed E-state index contributed by atoms with van der Waals surface area (Å²) in [6.45, 7) is 7.56. The highest BCUT2D eigenvalue weighted by atomic mass is 19.1. The zero-order valence-electron chi connectivity index (χ0n) is 15.8. The third-order valence-corrected chi connectivity index (χ3v) is 5.55. The highest BCUT2D eigenvalue weighted by Crippen LogP contribution is 2.27. The highest BCUT2D eigenvalue weighted by molar-refractivity contribution is 5.54. The van der Waals surface area contributed by atoms with Crippen LogP contribution in [0.4, 0.5) is 10.1 Å².